The lowest BCUT2D eigenvalue weighted by molar-refractivity contribution is 0.712. The SMILES string of the molecule is CC(C)c1nn(C)cc1CNc1cccc(Cl)c1Br. The molecule has 0 fully saturated rings. The van der Waals surface area contributed by atoms with E-state index >= 15 is 0 Å². The Morgan fingerprint density at radius 2 is 2.16 bits per heavy atom. The summed E-state index contributed by atoms with van der Waals surface area (Å²) < 4.78 is 2.76. The summed E-state index contributed by atoms with van der Waals surface area (Å²) in [5.41, 5.74) is 3.34. The lowest BCUT2D eigenvalue weighted by Gasteiger charge is -2.10. The first-order chi connectivity index (χ1) is 8.99. The maximum absolute atomic E-state index is 6.08. The molecule has 0 unspecified atom stereocenters. The zero-order chi connectivity index (χ0) is 14.0. The Hall–Kier alpha value is -1.000. The molecule has 19 heavy (non-hydrogen) atoms. The first-order valence-corrected chi connectivity index (χ1v) is 7.36. The van der Waals surface area contributed by atoms with Gasteiger partial charge in [-0.3, -0.25) is 4.68 Å². The van der Waals surface area contributed by atoms with Crippen molar-refractivity contribution >= 4 is 33.2 Å². The molecule has 1 aromatic heterocycles. The lowest BCUT2D eigenvalue weighted by Crippen LogP contribution is -2.03. The van der Waals surface area contributed by atoms with Gasteiger partial charge in [0.2, 0.25) is 0 Å². The fourth-order valence-electron chi connectivity index (χ4n) is 2.01. The molecule has 0 aliphatic heterocycles. The summed E-state index contributed by atoms with van der Waals surface area (Å²) in [6.07, 6.45) is 2.06. The molecule has 0 aliphatic rings. The van der Waals surface area contributed by atoms with Crippen molar-refractivity contribution in [2.45, 2.75) is 26.3 Å². The van der Waals surface area contributed by atoms with Crippen molar-refractivity contribution < 1.29 is 0 Å². The Kier molecular flexibility index (Phi) is 4.53. The normalized spacial score (nSPS) is 11.1. The molecule has 3 nitrogen and oxygen atoms in total. The van der Waals surface area contributed by atoms with E-state index in [9.17, 15) is 0 Å². The van der Waals surface area contributed by atoms with Crippen LogP contribution >= 0.6 is 27.5 Å². The second-order valence-electron chi connectivity index (χ2n) is 4.82. The molecule has 0 spiro atoms. The average molecular weight is 343 g/mol. The average Bonchev–Trinajstić information content (AvgIpc) is 2.73. The maximum Gasteiger partial charge on any atom is 0.0699 e. The summed E-state index contributed by atoms with van der Waals surface area (Å²) in [4.78, 5) is 0. The Morgan fingerprint density at radius 3 is 2.84 bits per heavy atom. The van der Waals surface area contributed by atoms with Crippen LogP contribution in [0, 0.1) is 0 Å². The molecule has 0 bridgehead atoms. The topological polar surface area (TPSA) is 29.9 Å². The maximum atomic E-state index is 6.08. The van der Waals surface area contributed by atoms with Crippen molar-refractivity contribution in [3.63, 3.8) is 0 Å². The number of aryl methyl sites for hydroxylation is 1. The summed E-state index contributed by atoms with van der Waals surface area (Å²) in [7, 11) is 1.95. The fraction of sp³-hybridized carbons (Fsp3) is 0.357. The van der Waals surface area contributed by atoms with E-state index in [4.69, 9.17) is 11.6 Å². The van der Waals surface area contributed by atoms with Crippen LogP contribution in [0.1, 0.15) is 31.0 Å². The number of rotatable bonds is 4. The minimum absolute atomic E-state index is 0.417. The number of benzene rings is 1. The van der Waals surface area contributed by atoms with Crippen LogP contribution in [0.5, 0.6) is 0 Å². The molecule has 0 saturated carbocycles. The Balaban J connectivity index is 2.17. The Bertz CT molecular complexity index is 578. The van der Waals surface area contributed by atoms with E-state index in [1.807, 2.05) is 29.9 Å². The smallest absolute Gasteiger partial charge is 0.0699 e. The van der Waals surface area contributed by atoms with Gasteiger partial charge in [0.15, 0.2) is 0 Å². The summed E-state index contributed by atoms with van der Waals surface area (Å²) in [6.45, 7) is 5.04. The molecule has 0 radical (unpaired) electrons. The van der Waals surface area contributed by atoms with Gasteiger partial charge in [0, 0.05) is 25.4 Å². The van der Waals surface area contributed by atoms with Crippen LogP contribution in [0.3, 0.4) is 0 Å². The molecular formula is C14H17BrClN3. The van der Waals surface area contributed by atoms with E-state index in [2.05, 4.69) is 46.4 Å². The van der Waals surface area contributed by atoms with Gasteiger partial charge in [-0.1, -0.05) is 31.5 Å². The molecule has 1 N–H and O–H groups in total. The van der Waals surface area contributed by atoms with Crippen molar-refractivity contribution in [3.05, 3.63) is 45.1 Å². The molecule has 0 amide bonds. The highest BCUT2D eigenvalue weighted by atomic mass is 79.9. The van der Waals surface area contributed by atoms with Gasteiger partial charge >= 0.3 is 0 Å². The molecule has 102 valence electrons. The van der Waals surface area contributed by atoms with Crippen LogP contribution in [0.4, 0.5) is 5.69 Å². The standard InChI is InChI=1S/C14H17BrClN3/c1-9(2)14-10(8-19(3)18-14)7-17-12-6-4-5-11(16)13(12)15/h4-6,8-9,17H,7H2,1-3H3. The monoisotopic (exact) mass is 341 g/mol. The van der Waals surface area contributed by atoms with Crippen molar-refractivity contribution in [2.24, 2.45) is 7.05 Å². The first kappa shape index (κ1) is 14.4. The second-order valence-corrected chi connectivity index (χ2v) is 6.02. The predicted octanol–water partition coefficient (Wildman–Crippen LogP) is 4.57. The third-order valence-corrected chi connectivity index (χ3v) is 4.30. The molecule has 0 atom stereocenters. The number of anilines is 1. The molecule has 2 rings (SSSR count). The fourth-order valence-corrected chi connectivity index (χ4v) is 2.59. The summed E-state index contributed by atoms with van der Waals surface area (Å²) in [5.74, 6) is 0.417. The highest BCUT2D eigenvalue weighted by Crippen LogP contribution is 2.30. The number of hydrogen-bond donors (Lipinski definition) is 1. The lowest BCUT2D eigenvalue weighted by atomic mass is 10.1. The van der Waals surface area contributed by atoms with Crippen LogP contribution in [0.15, 0.2) is 28.9 Å². The van der Waals surface area contributed by atoms with E-state index in [1.54, 1.807) is 0 Å². The molecule has 2 aromatic rings. The minimum Gasteiger partial charge on any atom is -0.380 e. The van der Waals surface area contributed by atoms with Crippen molar-refractivity contribution in [2.75, 3.05) is 5.32 Å². The van der Waals surface area contributed by atoms with E-state index in [0.717, 1.165) is 22.4 Å². The zero-order valence-corrected chi connectivity index (χ0v) is 13.6. The molecule has 1 heterocycles. The third kappa shape index (κ3) is 3.31. The minimum atomic E-state index is 0.417. The van der Waals surface area contributed by atoms with Crippen molar-refractivity contribution in [1.82, 2.24) is 9.78 Å². The van der Waals surface area contributed by atoms with Gasteiger partial charge in [-0.05, 0) is 34.0 Å². The number of halogens is 2. The van der Waals surface area contributed by atoms with Gasteiger partial charge in [0.1, 0.15) is 0 Å². The summed E-state index contributed by atoms with van der Waals surface area (Å²) >= 11 is 9.57. The van der Waals surface area contributed by atoms with Crippen LogP contribution < -0.4 is 5.32 Å². The number of nitrogens with zero attached hydrogens (tertiary/aromatic N) is 2. The first-order valence-electron chi connectivity index (χ1n) is 6.19. The number of nitrogens with one attached hydrogen (secondary N) is 1. The van der Waals surface area contributed by atoms with Gasteiger partial charge in [0.25, 0.3) is 0 Å². The van der Waals surface area contributed by atoms with Crippen LogP contribution in [-0.4, -0.2) is 9.78 Å². The number of hydrogen-bond acceptors (Lipinski definition) is 2. The van der Waals surface area contributed by atoms with Crippen molar-refractivity contribution in [1.29, 1.82) is 0 Å². The van der Waals surface area contributed by atoms with Gasteiger partial charge < -0.3 is 5.32 Å². The van der Waals surface area contributed by atoms with Crippen LogP contribution in [0.2, 0.25) is 5.02 Å². The van der Waals surface area contributed by atoms with Gasteiger partial charge in [0.05, 0.1) is 20.9 Å². The molecule has 0 saturated heterocycles. The van der Waals surface area contributed by atoms with E-state index in [1.165, 1.54) is 5.56 Å². The number of aromatic nitrogens is 2. The molecule has 1 aromatic carbocycles. The predicted molar refractivity (Wildman–Crippen MR) is 83.8 cm³/mol. The quantitative estimate of drug-likeness (QED) is 0.882. The van der Waals surface area contributed by atoms with Gasteiger partial charge in [-0.25, -0.2) is 0 Å². The summed E-state index contributed by atoms with van der Waals surface area (Å²) in [5, 5.41) is 8.60. The van der Waals surface area contributed by atoms with Crippen LogP contribution in [0.25, 0.3) is 0 Å². The molecule has 0 aliphatic carbocycles. The van der Waals surface area contributed by atoms with E-state index in [-0.39, 0.29) is 0 Å². The Labute approximate surface area is 127 Å². The van der Waals surface area contributed by atoms with Gasteiger partial charge in [-0.15, -0.1) is 0 Å². The Morgan fingerprint density at radius 1 is 1.42 bits per heavy atom. The zero-order valence-electron chi connectivity index (χ0n) is 11.2. The third-order valence-electron chi connectivity index (χ3n) is 2.90. The summed E-state index contributed by atoms with van der Waals surface area (Å²) in [6, 6.07) is 5.80. The van der Waals surface area contributed by atoms with Crippen LogP contribution in [-0.2, 0) is 13.6 Å². The highest BCUT2D eigenvalue weighted by molar-refractivity contribution is 9.10. The van der Waals surface area contributed by atoms with Gasteiger partial charge in [-0.2, -0.15) is 5.10 Å². The largest absolute Gasteiger partial charge is 0.380 e. The van der Waals surface area contributed by atoms with E-state index < -0.39 is 0 Å². The highest BCUT2D eigenvalue weighted by Gasteiger charge is 2.11. The van der Waals surface area contributed by atoms with Crippen molar-refractivity contribution in [3.8, 4) is 0 Å². The van der Waals surface area contributed by atoms with E-state index in [0.29, 0.717) is 10.9 Å². The molecule has 5 heteroatoms. The second kappa shape index (κ2) is 5.97. The molecular weight excluding hydrogens is 326 g/mol.